The van der Waals surface area contributed by atoms with Gasteiger partial charge < -0.3 is 15.7 Å². The average molecular weight is 240 g/mol. The van der Waals surface area contributed by atoms with Gasteiger partial charge in [0.05, 0.1) is 5.56 Å². The standard InChI is InChI=1S/C12H17FN2O2/c1-2-15(7-3-6-14)12(17)10-5-4-9(16)8-11(10)13/h4-5,8,16H,2-3,6-7,14H2,1H3. The van der Waals surface area contributed by atoms with Gasteiger partial charge in [0.2, 0.25) is 0 Å². The first kappa shape index (κ1) is 13.4. The number of aromatic hydroxyl groups is 1. The van der Waals surface area contributed by atoms with Gasteiger partial charge in [-0.2, -0.15) is 0 Å². The molecule has 0 radical (unpaired) electrons. The van der Waals surface area contributed by atoms with Crippen molar-refractivity contribution in [2.75, 3.05) is 19.6 Å². The van der Waals surface area contributed by atoms with Crippen molar-refractivity contribution in [3.63, 3.8) is 0 Å². The van der Waals surface area contributed by atoms with Crippen molar-refractivity contribution in [1.82, 2.24) is 4.90 Å². The second-order valence-electron chi connectivity index (χ2n) is 3.69. The van der Waals surface area contributed by atoms with Crippen LogP contribution in [0, 0.1) is 5.82 Å². The molecule has 0 heterocycles. The van der Waals surface area contributed by atoms with Gasteiger partial charge in [0, 0.05) is 19.2 Å². The van der Waals surface area contributed by atoms with Gasteiger partial charge in [-0.25, -0.2) is 4.39 Å². The van der Waals surface area contributed by atoms with E-state index in [1.807, 2.05) is 6.92 Å². The number of amides is 1. The van der Waals surface area contributed by atoms with Gasteiger partial charge in [0.15, 0.2) is 0 Å². The zero-order chi connectivity index (χ0) is 12.8. The van der Waals surface area contributed by atoms with E-state index in [0.717, 1.165) is 6.07 Å². The molecule has 4 nitrogen and oxygen atoms in total. The Bertz CT molecular complexity index is 396. The smallest absolute Gasteiger partial charge is 0.256 e. The third-order valence-corrected chi connectivity index (χ3v) is 2.48. The lowest BCUT2D eigenvalue weighted by atomic mass is 10.1. The van der Waals surface area contributed by atoms with Gasteiger partial charge in [-0.3, -0.25) is 4.79 Å². The number of hydrogen-bond acceptors (Lipinski definition) is 3. The Labute approximate surface area is 99.8 Å². The van der Waals surface area contributed by atoms with Crippen LogP contribution in [0.15, 0.2) is 18.2 Å². The van der Waals surface area contributed by atoms with E-state index in [2.05, 4.69) is 0 Å². The third kappa shape index (κ3) is 3.42. The van der Waals surface area contributed by atoms with Crippen LogP contribution in [0.1, 0.15) is 23.7 Å². The predicted octanol–water partition coefficient (Wildman–Crippen LogP) is 1.34. The highest BCUT2D eigenvalue weighted by molar-refractivity contribution is 5.94. The Morgan fingerprint density at radius 1 is 1.53 bits per heavy atom. The minimum Gasteiger partial charge on any atom is -0.508 e. The van der Waals surface area contributed by atoms with Crippen LogP contribution in [-0.4, -0.2) is 35.5 Å². The van der Waals surface area contributed by atoms with E-state index in [-0.39, 0.29) is 17.2 Å². The number of halogens is 1. The number of phenolic OH excluding ortho intramolecular Hbond substituents is 1. The molecule has 17 heavy (non-hydrogen) atoms. The average Bonchev–Trinajstić information content (AvgIpc) is 2.29. The molecule has 0 fully saturated rings. The maximum atomic E-state index is 13.5. The molecule has 0 spiro atoms. The summed E-state index contributed by atoms with van der Waals surface area (Å²) < 4.78 is 13.5. The van der Waals surface area contributed by atoms with Gasteiger partial charge in [0.25, 0.3) is 5.91 Å². The van der Waals surface area contributed by atoms with Crippen molar-refractivity contribution in [2.45, 2.75) is 13.3 Å². The summed E-state index contributed by atoms with van der Waals surface area (Å²) in [5.74, 6) is -1.27. The van der Waals surface area contributed by atoms with Crippen LogP contribution in [0.3, 0.4) is 0 Å². The Kier molecular flexibility index (Phi) is 4.90. The minimum absolute atomic E-state index is 0.0262. The summed E-state index contributed by atoms with van der Waals surface area (Å²) in [5.41, 5.74) is 5.35. The Morgan fingerprint density at radius 3 is 2.76 bits per heavy atom. The maximum Gasteiger partial charge on any atom is 0.256 e. The summed E-state index contributed by atoms with van der Waals surface area (Å²) in [4.78, 5) is 13.5. The molecule has 0 bridgehead atoms. The first-order valence-corrected chi connectivity index (χ1v) is 5.58. The molecule has 0 aromatic heterocycles. The molecule has 1 amide bonds. The van der Waals surface area contributed by atoms with Crippen LogP contribution in [0.5, 0.6) is 5.75 Å². The van der Waals surface area contributed by atoms with E-state index in [1.54, 1.807) is 0 Å². The predicted molar refractivity (Wildman–Crippen MR) is 63.3 cm³/mol. The Balaban J connectivity index is 2.86. The van der Waals surface area contributed by atoms with Gasteiger partial charge in [-0.05, 0) is 32.0 Å². The number of phenols is 1. The molecule has 3 N–H and O–H groups in total. The lowest BCUT2D eigenvalue weighted by Gasteiger charge is -2.20. The van der Waals surface area contributed by atoms with Crippen molar-refractivity contribution < 1.29 is 14.3 Å². The number of hydrogen-bond donors (Lipinski definition) is 2. The molecule has 1 aromatic carbocycles. The summed E-state index contributed by atoms with van der Waals surface area (Å²) in [5, 5.41) is 9.08. The molecule has 0 saturated carbocycles. The zero-order valence-electron chi connectivity index (χ0n) is 9.82. The molecule has 5 heteroatoms. The molecule has 0 saturated heterocycles. The Hall–Kier alpha value is -1.62. The second kappa shape index (κ2) is 6.20. The first-order chi connectivity index (χ1) is 8.10. The van der Waals surface area contributed by atoms with Gasteiger partial charge >= 0.3 is 0 Å². The fourth-order valence-electron chi connectivity index (χ4n) is 1.53. The van der Waals surface area contributed by atoms with Gasteiger partial charge in [-0.15, -0.1) is 0 Å². The fraction of sp³-hybridized carbons (Fsp3) is 0.417. The number of nitrogens with zero attached hydrogens (tertiary/aromatic N) is 1. The van der Waals surface area contributed by atoms with Crippen LogP contribution < -0.4 is 5.73 Å². The minimum atomic E-state index is -0.707. The van der Waals surface area contributed by atoms with Crippen molar-refractivity contribution in [3.8, 4) is 5.75 Å². The number of carbonyl (C=O) groups excluding carboxylic acids is 1. The highest BCUT2D eigenvalue weighted by Crippen LogP contribution is 2.16. The largest absolute Gasteiger partial charge is 0.508 e. The lowest BCUT2D eigenvalue weighted by molar-refractivity contribution is 0.0759. The highest BCUT2D eigenvalue weighted by atomic mass is 19.1. The van der Waals surface area contributed by atoms with Crippen molar-refractivity contribution in [3.05, 3.63) is 29.6 Å². The van der Waals surface area contributed by atoms with Crippen LogP contribution in [0.2, 0.25) is 0 Å². The monoisotopic (exact) mass is 240 g/mol. The quantitative estimate of drug-likeness (QED) is 0.816. The topological polar surface area (TPSA) is 66.6 Å². The van der Waals surface area contributed by atoms with E-state index in [4.69, 9.17) is 10.8 Å². The second-order valence-corrected chi connectivity index (χ2v) is 3.69. The lowest BCUT2D eigenvalue weighted by Crippen LogP contribution is -2.33. The normalized spacial score (nSPS) is 10.3. The molecule has 94 valence electrons. The van der Waals surface area contributed by atoms with Crippen molar-refractivity contribution >= 4 is 5.91 Å². The van der Waals surface area contributed by atoms with E-state index in [9.17, 15) is 9.18 Å². The summed E-state index contributed by atoms with van der Waals surface area (Å²) in [6, 6.07) is 3.52. The van der Waals surface area contributed by atoms with E-state index in [1.165, 1.54) is 17.0 Å². The van der Waals surface area contributed by atoms with E-state index < -0.39 is 5.82 Å². The maximum absolute atomic E-state index is 13.5. The molecule has 0 aliphatic carbocycles. The van der Waals surface area contributed by atoms with Crippen LogP contribution in [-0.2, 0) is 0 Å². The van der Waals surface area contributed by atoms with Crippen molar-refractivity contribution in [2.24, 2.45) is 5.73 Å². The molecule has 0 aliphatic rings. The molecule has 0 aliphatic heterocycles. The summed E-state index contributed by atoms with van der Waals surface area (Å²) in [6.45, 7) is 3.32. The molecular formula is C12H17FN2O2. The summed E-state index contributed by atoms with van der Waals surface area (Å²) in [7, 11) is 0. The number of rotatable bonds is 5. The van der Waals surface area contributed by atoms with Gasteiger partial charge in [-0.1, -0.05) is 0 Å². The fourth-order valence-corrected chi connectivity index (χ4v) is 1.53. The van der Waals surface area contributed by atoms with Crippen LogP contribution in [0.4, 0.5) is 4.39 Å². The number of carbonyl (C=O) groups is 1. The zero-order valence-corrected chi connectivity index (χ0v) is 9.82. The molecule has 0 unspecified atom stereocenters. The number of nitrogens with two attached hydrogens (primary N) is 1. The van der Waals surface area contributed by atoms with Crippen molar-refractivity contribution in [1.29, 1.82) is 0 Å². The van der Waals surface area contributed by atoms with E-state index in [0.29, 0.717) is 26.1 Å². The first-order valence-electron chi connectivity index (χ1n) is 5.58. The molecule has 1 aromatic rings. The molecular weight excluding hydrogens is 223 g/mol. The third-order valence-electron chi connectivity index (χ3n) is 2.48. The molecule has 0 atom stereocenters. The molecule has 1 rings (SSSR count). The van der Waals surface area contributed by atoms with Crippen LogP contribution in [0.25, 0.3) is 0 Å². The highest BCUT2D eigenvalue weighted by Gasteiger charge is 2.17. The summed E-state index contributed by atoms with van der Waals surface area (Å²) >= 11 is 0. The van der Waals surface area contributed by atoms with Crippen LogP contribution >= 0.6 is 0 Å². The summed E-state index contributed by atoms with van der Waals surface area (Å²) in [6.07, 6.45) is 0.680. The van der Waals surface area contributed by atoms with E-state index >= 15 is 0 Å². The number of benzene rings is 1. The Morgan fingerprint density at radius 2 is 2.24 bits per heavy atom. The van der Waals surface area contributed by atoms with Gasteiger partial charge in [0.1, 0.15) is 11.6 Å². The SMILES string of the molecule is CCN(CCCN)C(=O)c1ccc(O)cc1F.